The van der Waals surface area contributed by atoms with Gasteiger partial charge in [0.1, 0.15) is 0 Å². The van der Waals surface area contributed by atoms with Crippen LogP contribution in [0.5, 0.6) is 0 Å². The first kappa shape index (κ1) is 15.2. The van der Waals surface area contributed by atoms with Crippen LogP contribution in [0.2, 0.25) is 0 Å². The summed E-state index contributed by atoms with van der Waals surface area (Å²) in [6, 6.07) is 11.2. The fraction of sp³-hybridized carbons (Fsp3) is 0.647. The van der Waals surface area contributed by atoms with E-state index in [1.807, 2.05) is 0 Å². The number of hydrogen-bond acceptors (Lipinski definition) is 1. The van der Waals surface area contributed by atoms with E-state index in [1.54, 1.807) is 0 Å². The van der Waals surface area contributed by atoms with Crippen molar-refractivity contribution in [1.29, 1.82) is 0 Å². The molecule has 0 amide bonds. The molecule has 1 rings (SSSR count). The van der Waals surface area contributed by atoms with E-state index in [9.17, 15) is 0 Å². The molecular weight excluding hydrogens is 218 g/mol. The molecule has 0 heterocycles. The van der Waals surface area contributed by atoms with E-state index >= 15 is 0 Å². The van der Waals surface area contributed by atoms with Gasteiger partial charge in [0.15, 0.2) is 0 Å². The van der Waals surface area contributed by atoms with Crippen molar-refractivity contribution < 1.29 is 0 Å². The van der Waals surface area contributed by atoms with Crippen LogP contribution in [0.25, 0.3) is 0 Å². The van der Waals surface area contributed by atoms with E-state index in [2.05, 4.69) is 70.3 Å². The van der Waals surface area contributed by atoms with Gasteiger partial charge in [-0.05, 0) is 23.4 Å². The van der Waals surface area contributed by atoms with Crippen molar-refractivity contribution in [2.45, 2.75) is 53.5 Å². The highest BCUT2D eigenvalue weighted by Gasteiger charge is 2.25. The molecule has 1 N–H and O–H groups in total. The first-order chi connectivity index (χ1) is 8.49. The van der Waals surface area contributed by atoms with Crippen molar-refractivity contribution in [2.75, 3.05) is 6.54 Å². The standard InChI is InChI=1S/C17H29N/c1-6-14(7-2)13-18-16(17(3,4)5)15-11-9-8-10-12-15/h8-12,14,16,18H,6-7,13H2,1-5H3. The summed E-state index contributed by atoms with van der Waals surface area (Å²) >= 11 is 0. The summed E-state index contributed by atoms with van der Waals surface area (Å²) in [6.45, 7) is 12.6. The molecule has 1 unspecified atom stereocenters. The smallest absolute Gasteiger partial charge is 0.0369 e. The van der Waals surface area contributed by atoms with Gasteiger partial charge in [0.05, 0.1) is 0 Å². The minimum Gasteiger partial charge on any atom is -0.309 e. The van der Waals surface area contributed by atoms with Crippen LogP contribution in [0.1, 0.15) is 59.1 Å². The number of rotatable bonds is 6. The van der Waals surface area contributed by atoms with Crippen LogP contribution in [0.3, 0.4) is 0 Å². The molecule has 0 spiro atoms. The molecule has 1 aromatic rings. The van der Waals surface area contributed by atoms with E-state index in [4.69, 9.17) is 0 Å². The van der Waals surface area contributed by atoms with Gasteiger partial charge in [0.25, 0.3) is 0 Å². The summed E-state index contributed by atoms with van der Waals surface area (Å²) in [5.74, 6) is 0.790. The highest BCUT2D eigenvalue weighted by Crippen LogP contribution is 2.32. The van der Waals surface area contributed by atoms with E-state index in [0.29, 0.717) is 6.04 Å². The molecule has 0 saturated heterocycles. The van der Waals surface area contributed by atoms with Crippen LogP contribution < -0.4 is 5.32 Å². The van der Waals surface area contributed by atoms with E-state index in [0.717, 1.165) is 12.5 Å². The topological polar surface area (TPSA) is 12.0 Å². The van der Waals surface area contributed by atoms with Crippen molar-refractivity contribution in [3.05, 3.63) is 35.9 Å². The Labute approximate surface area is 113 Å². The molecular formula is C17H29N. The van der Waals surface area contributed by atoms with E-state index < -0.39 is 0 Å². The Hall–Kier alpha value is -0.820. The van der Waals surface area contributed by atoms with Crippen LogP contribution in [0.15, 0.2) is 30.3 Å². The van der Waals surface area contributed by atoms with Gasteiger partial charge in [-0.2, -0.15) is 0 Å². The fourth-order valence-electron chi connectivity index (χ4n) is 2.43. The van der Waals surface area contributed by atoms with Crippen molar-refractivity contribution in [1.82, 2.24) is 5.32 Å². The Bertz CT molecular complexity index is 319. The zero-order chi connectivity index (χ0) is 13.6. The van der Waals surface area contributed by atoms with Crippen molar-refractivity contribution >= 4 is 0 Å². The number of nitrogens with one attached hydrogen (secondary N) is 1. The first-order valence-corrected chi connectivity index (χ1v) is 7.27. The Balaban J connectivity index is 2.75. The SMILES string of the molecule is CCC(CC)CNC(c1ccccc1)C(C)(C)C. The van der Waals surface area contributed by atoms with Crippen LogP contribution in [-0.2, 0) is 0 Å². The molecule has 18 heavy (non-hydrogen) atoms. The summed E-state index contributed by atoms with van der Waals surface area (Å²) in [6.07, 6.45) is 2.52. The number of benzene rings is 1. The lowest BCUT2D eigenvalue weighted by molar-refractivity contribution is 0.256. The Kier molecular flexibility index (Phi) is 5.87. The van der Waals surface area contributed by atoms with Gasteiger partial charge in [-0.3, -0.25) is 0 Å². The van der Waals surface area contributed by atoms with Gasteiger partial charge in [-0.25, -0.2) is 0 Å². The summed E-state index contributed by atoms with van der Waals surface area (Å²) in [5, 5.41) is 3.78. The quantitative estimate of drug-likeness (QED) is 0.761. The van der Waals surface area contributed by atoms with Crippen molar-refractivity contribution in [2.24, 2.45) is 11.3 Å². The molecule has 0 radical (unpaired) electrons. The maximum atomic E-state index is 3.78. The fourth-order valence-corrected chi connectivity index (χ4v) is 2.43. The second-order valence-electron chi connectivity index (χ2n) is 6.30. The van der Waals surface area contributed by atoms with Gasteiger partial charge in [-0.15, -0.1) is 0 Å². The predicted octanol–water partition coefficient (Wildman–Crippen LogP) is 4.80. The van der Waals surface area contributed by atoms with Gasteiger partial charge < -0.3 is 5.32 Å². The van der Waals surface area contributed by atoms with E-state index in [-0.39, 0.29) is 5.41 Å². The molecule has 0 fully saturated rings. The molecule has 102 valence electrons. The molecule has 0 aliphatic heterocycles. The van der Waals surface area contributed by atoms with Crippen LogP contribution in [0, 0.1) is 11.3 Å². The van der Waals surface area contributed by atoms with Gasteiger partial charge in [-0.1, -0.05) is 77.8 Å². The molecule has 0 aliphatic rings. The van der Waals surface area contributed by atoms with Crippen LogP contribution >= 0.6 is 0 Å². The predicted molar refractivity (Wildman–Crippen MR) is 80.7 cm³/mol. The summed E-state index contributed by atoms with van der Waals surface area (Å²) in [5.41, 5.74) is 1.64. The van der Waals surface area contributed by atoms with Gasteiger partial charge in [0, 0.05) is 6.04 Å². The third-order valence-corrected chi connectivity index (χ3v) is 3.76. The monoisotopic (exact) mass is 247 g/mol. The third kappa shape index (κ3) is 4.45. The molecule has 1 aromatic carbocycles. The molecule has 1 heteroatoms. The van der Waals surface area contributed by atoms with Crippen LogP contribution in [0.4, 0.5) is 0 Å². The maximum Gasteiger partial charge on any atom is 0.0369 e. The lowest BCUT2D eigenvalue weighted by Crippen LogP contribution is -2.35. The Morgan fingerprint density at radius 3 is 2.00 bits per heavy atom. The van der Waals surface area contributed by atoms with Gasteiger partial charge >= 0.3 is 0 Å². The highest BCUT2D eigenvalue weighted by atomic mass is 14.9. The molecule has 1 atom stereocenters. The third-order valence-electron chi connectivity index (χ3n) is 3.76. The highest BCUT2D eigenvalue weighted by molar-refractivity contribution is 5.20. The summed E-state index contributed by atoms with van der Waals surface area (Å²) < 4.78 is 0. The molecule has 0 bridgehead atoms. The van der Waals surface area contributed by atoms with E-state index in [1.165, 1.54) is 18.4 Å². The van der Waals surface area contributed by atoms with Crippen molar-refractivity contribution in [3.63, 3.8) is 0 Å². The Morgan fingerprint density at radius 2 is 1.56 bits per heavy atom. The largest absolute Gasteiger partial charge is 0.309 e. The summed E-state index contributed by atoms with van der Waals surface area (Å²) in [7, 11) is 0. The van der Waals surface area contributed by atoms with Crippen molar-refractivity contribution in [3.8, 4) is 0 Å². The molecule has 0 aromatic heterocycles. The average Bonchev–Trinajstić information content (AvgIpc) is 2.34. The number of hydrogen-bond donors (Lipinski definition) is 1. The zero-order valence-corrected chi connectivity index (χ0v) is 12.7. The zero-order valence-electron chi connectivity index (χ0n) is 12.7. The van der Waals surface area contributed by atoms with Gasteiger partial charge in [0.2, 0.25) is 0 Å². The molecule has 1 nitrogen and oxygen atoms in total. The lowest BCUT2D eigenvalue weighted by Gasteiger charge is -2.33. The average molecular weight is 247 g/mol. The molecule has 0 aliphatic carbocycles. The second kappa shape index (κ2) is 6.94. The normalized spacial score (nSPS) is 13.9. The minimum absolute atomic E-state index is 0.243. The van der Waals surface area contributed by atoms with Crippen LogP contribution in [-0.4, -0.2) is 6.54 Å². The second-order valence-corrected chi connectivity index (χ2v) is 6.30. The maximum absolute atomic E-state index is 3.78. The molecule has 0 saturated carbocycles. The Morgan fingerprint density at radius 1 is 1.00 bits per heavy atom. The summed E-state index contributed by atoms with van der Waals surface area (Å²) in [4.78, 5) is 0. The lowest BCUT2D eigenvalue weighted by atomic mass is 9.82. The first-order valence-electron chi connectivity index (χ1n) is 7.27. The minimum atomic E-state index is 0.243.